The maximum Gasteiger partial charge on any atom is 0.240 e. The minimum Gasteiger partial charge on any atom is -0.493 e. The Kier molecular flexibility index (Phi) is 9.22. The van der Waals surface area contributed by atoms with Gasteiger partial charge in [-0.25, -0.2) is 18.1 Å². The van der Waals surface area contributed by atoms with Crippen LogP contribution in [0.3, 0.4) is 0 Å². The molecule has 1 aromatic heterocycles. The average Bonchev–Trinajstić information content (AvgIpc) is 3.27. The van der Waals surface area contributed by atoms with Crippen LogP contribution in [0.1, 0.15) is 5.01 Å². The first-order valence-corrected chi connectivity index (χ1v) is 14.4. The van der Waals surface area contributed by atoms with Crippen molar-refractivity contribution in [2.75, 3.05) is 66.6 Å². The van der Waals surface area contributed by atoms with Crippen molar-refractivity contribution in [2.24, 2.45) is 0 Å². The molecule has 1 fully saturated rings. The Bertz CT molecular complexity index is 1290. The second-order valence-electron chi connectivity index (χ2n) is 8.88. The highest BCUT2D eigenvalue weighted by atomic mass is 32.2. The summed E-state index contributed by atoms with van der Waals surface area (Å²) < 4.78 is 45.3. The van der Waals surface area contributed by atoms with Crippen molar-refractivity contribution < 1.29 is 27.7 Å². The molecule has 2 N–H and O–H groups in total. The van der Waals surface area contributed by atoms with Crippen molar-refractivity contribution in [3.8, 4) is 17.2 Å². The number of β-amino-alcohol motifs (C(OH)–C–C–N with tert-alkyl or cyclic N) is 1. The van der Waals surface area contributed by atoms with Gasteiger partial charge in [0.2, 0.25) is 10.0 Å². The molecule has 2 heterocycles. The average molecular weight is 551 g/mol. The van der Waals surface area contributed by atoms with Crippen LogP contribution >= 0.6 is 11.3 Å². The van der Waals surface area contributed by atoms with E-state index < -0.39 is 16.1 Å². The lowest BCUT2D eigenvalue weighted by atomic mass is 10.2. The number of aromatic nitrogens is 1. The predicted molar refractivity (Wildman–Crippen MR) is 143 cm³/mol. The SMILES string of the molecule is COc1ccc(S(=O)(=O)NCCN2CCN(CC(O)COc3ccc4sc(C)nc4c3)CC2)cc1OC. The van der Waals surface area contributed by atoms with Crippen molar-refractivity contribution >= 4 is 31.6 Å². The molecule has 0 spiro atoms. The molecule has 10 nitrogen and oxygen atoms in total. The van der Waals surface area contributed by atoms with Gasteiger partial charge in [0.1, 0.15) is 18.5 Å². The van der Waals surface area contributed by atoms with Crippen molar-refractivity contribution in [1.29, 1.82) is 0 Å². The van der Waals surface area contributed by atoms with E-state index in [0.29, 0.717) is 36.9 Å². The Hall–Kier alpha value is -2.48. The smallest absolute Gasteiger partial charge is 0.240 e. The molecule has 1 saturated heterocycles. The van der Waals surface area contributed by atoms with Gasteiger partial charge in [-0.2, -0.15) is 0 Å². The second kappa shape index (κ2) is 12.4. The van der Waals surface area contributed by atoms with Crippen molar-refractivity contribution in [3.63, 3.8) is 0 Å². The molecule has 12 heteroatoms. The molecular weight excluding hydrogens is 516 g/mol. The normalized spacial score (nSPS) is 16.1. The van der Waals surface area contributed by atoms with Crippen LogP contribution in [0, 0.1) is 6.92 Å². The first-order valence-electron chi connectivity index (χ1n) is 12.1. The fraction of sp³-hybridized carbons (Fsp3) is 0.480. The second-order valence-corrected chi connectivity index (χ2v) is 11.9. The predicted octanol–water partition coefficient (Wildman–Crippen LogP) is 1.96. The van der Waals surface area contributed by atoms with Gasteiger partial charge in [0.15, 0.2) is 11.5 Å². The topological polar surface area (TPSA) is 113 Å². The number of fused-ring (bicyclic) bond motifs is 1. The standard InChI is InChI=1S/C25H34N4O6S2/c1-18-27-22-14-20(4-7-25(22)36-18)35-17-19(30)16-29-12-10-28(11-13-29)9-8-26-37(31,32)21-5-6-23(33-2)24(15-21)34-3/h4-7,14-15,19,26,30H,8-13,16-17H2,1-3H3. The van der Waals surface area contributed by atoms with Gasteiger partial charge in [0.05, 0.1) is 34.3 Å². The van der Waals surface area contributed by atoms with Gasteiger partial charge in [-0.3, -0.25) is 9.80 Å². The molecule has 1 atom stereocenters. The van der Waals surface area contributed by atoms with E-state index in [1.54, 1.807) is 17.4 Å². The lowest BCUT2D eigenvalue weighted by molar-refractivity contribution is 0.0465. The van der Waals surface area contributed by atoms with E-state index >= 15 is 0 Å². The molecule has 1 aliphatic heterocycles. The molecule has 0 radical (unpaired) electrons. The highest BCUT2D eigenvalue weighted by Gasteiger charge is 2.21. The largest absolute Gasteiger partial charge is 0.493 e. The molecule has 0 amide bonds. The zero-order chi connectivity index (χ0) is 26.4. The number of ether oxygens (including phenoxy) is 3. The number of aliphatic hydroxyl groups is 1. The summed E-state index contributed by atoms with van der Waals surface area (Å²) in [6.07, 6.45) is -0.604. The molecule has 0 saturated carbocycles. The van der Waals surface area contributed by atoms with Crippen LogP contribution in [0.5, 0.6) is 17.2 Å². The van der Waals surface area contributed by atoms with Gasteiger partial charge in [-0.05, 0) is 31.2 Å². The minimum atomic E-state index is -3.66. The van der Waals surface area contributed by atoms with Gasteiger partial charge < -0.3 is 19.3 Å². The third-order valence-corrected chi connectivity index (χ3v) is 8.64. The molecule has 0 bridgehead atoms. The lowest BCUT2D eigenvalue weighted by Crippen LogP contribution is -2.50. The van der Waals surface area contributed by atoms with Crippen LogP contribution in [0.4, 0.5) is 0 Å². The summed E-state index contributed by atoms with van der Waals surface area (Å²) >= 11 is 1.65. The molecule has 37 heavy (non-hydrogen) atoms. The molecule has 4 rings (SSSR count). The molecule has 3 aromatic rings. The van der Waals surface area contributed by atoms with Crippen LogP contribution in [0.25, 0.3) is 10.2 Å². The monoisotopic (exact) mass is 550 g/mol. The lowest BCUT2D eigenvalue weighted by Gasteiger charge is -2.35. The summed E-state index contributed by atoms with van der Waals surface area (Å²) in [5.41, 5.74) is 0.914. The Balaban J connectivity index is 1.16. The zero-order valence-electron chi connectivity index (χ0n) is 21.3. The molecule has 0 aliphatic carbocycles. The molecule has 1 aliphatic rings. The third kappa shape index (κ3) is 7.30. The van der Waals surface area contributed by atoms with Crippen LogP contribution in [-0.4, -0.2) is 101 Å². The van der Waals surface area contributed by atoms with Gasteiger partial charge >= 0.3 is 0 Å². The van der Waals surface area contributed by atoms with Crippen molar-refractivity contribution in [1.82, 2.24) is 19.5 Å². The zero-order valence-corrected chi connectivity index (χ0v) is 23.0. The van der Waals surface area contributed by atoms with E-state index in [9.17, 15) is 13.5 Å². The number of hydrogen-bond donors (Lipinski definition) is 2. The molecule has 1 unspecified atom stereocenters. The number of sulfonamides is 1. The van der Waals surface area contributed by atoms with Gasteiger partial charge in [0, 0.05) is 57.9 Å². The maximum atomic E-state index is 12.7. The summed E-state index contributed by atoms with van der Waals surface area (Å²) in [5, 5.41) is 11.5. The number of thiazole rings is 1. The summed E-state index contributed by atoms with van der Waals surface area (Å²) in [5.74, 6) is 1.55. The summed E-state index contributed by atoms with van der Waals surface area (Å²) in [4.78, 5) is 9.02. The van der Waals surface area contributed by atoms with E-state index in [1.807, 2.05) is 25.1 Å². The van der Waals surface area contributed by atoms with E-state index in [4.69, 9.17) is 14.2 Å². The summed E-state index contributed by atoms with van der Waals surface area (Å²) in [6, 6.07) is 10.3. The van der Waals surface area contributed by atoms with E-state index in [1.165, 1.54) is 26.4 Å². The number of aliphatic hydroxyl groups excluding tert-OH is 1. The van der Waals surface area contributed by atoms with Crippen LogP contribution < -0.4 is 18.9 Å². The Labute approximate surface area is 221 Å². The van der Waals surface area contributed by atoms with Gasteiger partial charge in [0.25, 0.3) is 0 Å². The quantitative estimate of drug-likeness (QED) is 0.349. The van der Waals surface area contributed by atoms with Crippen molar-refractivity contribution in [2.45, 2.75) is 17.9 Å². The van der Waals surface area contributed by atoms with E-state index in [-0.39, 0.29) is 11.5 Å². The number of rotatable bonds is 12. The number of nitrogens with zero attached hydrogens (tertiary/aromatic N) is 3. The van der Waals surface area contributed by atoms with Crippen LogP contribution in [0.15, 0.2) is 41.3 Å². The number of benzene rings is 2. The Morgan fingerprint density at radius 3 is 2.51 bits per heavy atom. The van der Waals surface area contributed by atoms with Crippen LogP contribution in [0.2, 0.25) is 0 Å². The number of methoxy groups -OCH3 is 2. The van der Waals surface area contributed by atoms with Gasteiger partial charge in [-0.15, -0.1) is 11.3 Å². The summed E-state index contributed by atoms with van der Waals surface area (Å²) in [7, 11) is -0.686. The Morgan fingerprint density at radius 2 is 1.78 bits per heavy atom. The molecular formula is C25H34N4O6S2. The number of piperazine rings is 1. The molecule has 2 aromatic carbocycles. The fourth-order valence-corrected chi connectivity index (χ4v) is 6.10. The van der Waals surface area contributed by atoms with Crippen LogP contribution in [-0.2, 0) is 10.0 Å². The van der Waals surface area contributed by atoms with E-state index in [2.05, 4.69) is 19.5 Å². The highest BCUT2D eigenvalue weighted by molar-refractivity contribution is 7.89. The molecule has 202 valence electrons. The van der Waals surface area contributed by atoms with Gasteiger partial charge in [-0.1, -0.05) is 0 Å². The number of nitrogens with one attached hydrogen (secondary N) is 1. The Morgan fingerprint density at radius 1 is 1.05 bits per heavy atom. The first-order chi connectivity index (χ1) is 17.8. The summed E-state index contributed by atoms with van der Waals surface area (Å²) in [6.45, 7) is 6.81. The number of aryl methyl sites for hydroxylation is 1. The van der Waals surface area contributed by atoms with E-state index in [0.717, 1.165) is 41.4 Å². The minimum absolute atomic E-state index is 0.132. The highest BCUT2D eigenvalue weighted by Crippen LogP contribution is 2.29. The third-order valence-electron chi connectivity index (χ3n) is 6.23. The number of hydrogen-bond acceptors (Lipinski definition) is 10. The maximum absolute atomic E-state index is 12.7. The first kappa shape index (κ1) is 27.6. The van der Waals surface area contributed by atoms with Crippen molar-refractivity contribution in [3.05, 3.63) is 41.4 Å². The fourth-order valence-electron chi connectivity index (χ4n) is 4.26.